The lowest BCUT2D eigenvalue weighted by atomic mass is 9.91. The molecular weight excluding hydrogens is 763 g/mol. The molecule has 3 nitrogen and oxygen atoms in total. The number of hydrogen-bond donors (Lipinski definition) is 0. The number of rotatable bonds is 10. The van der Waals surface area contributed by atoms with Gasteiger partial charge in [-0.25, -0.2) is 15.0 Å². The third-order valence-corrected chi connectivity index (χ3v) is 11.6. The Morgan fingerprint density at radius 2 is 0.873 bits per heavy atom. The summed E-state index contributed by atoms with van der Waals surface area (Å²) < 4.78 is 0. The number of para-hydroxylation sites is 1. The summed E-state index contributed by atoms with van der Waals surface area (Å²) in [7, 11) is 0. The van der Waals surface area contributed by atoms with Crippen LogP contribution in [0.25, 0.3) is 106 Å². The quantitative estimate of drug-likeness (QED) is 0.102. The van der Waals surface area contributed by atoms with Gasteiger partial charge >= 0.3 is 0 Å². The van der Waals surface area contributed by atoms with E-state index in [-0.39, 0.29) is 0 Å². The van der Waals surface area contributed by atoms with E-state index < -0.39 is 0 Å². The summed E-state index contributed by atoms with van der Waals surface area (Å²) in [6.45, 7) is 5.94. The Hall–Kier alpha value is -8.27. The Labute approximate surface area is 368 Å². The lowest BCUT2D eigenvalue weighted by Gasteiger charge is -2.15. The van der Waals surface area contributed by atoms with E-state index in [0.717, 1.165) is 77.9 Å². The molecule has 10 rings (SSSR count). The van der Waals surface area contributed by atoms with Gasteiger partial charge in [-0.3, -0.25) is 0 Å². The molecule has 0 aliphatic rings. The van der Waals surface area contributed by atoms with Crippen LogP contribution in [-0.2, 0) is 0 Å². The van der Waals surface area contributed by atoms with E-state index in [1.807, 2.05) is 24.3 Å². The molecule has 10 aromatic rings. The molecule has 0 aliphatic heterocycles. The van der Waals surface area contributed by atoms with Crippen molar-refractivity contribution in [2.45, 2.75) is 6.92 Å². The number of hydrogen-bond acceptors (Lipinski definition) is 3. The van der Waals surface area contributed by atoms with Crippen molar-refractivity contribution in [2.24, 2.45) is 0 Å². The maximum Gasteiger partial charge on any atom is 0.160 e. The summed E-state index contributed by atoms with van der Waals surface area (Å²) in [6.07, 6.45) is 7.85. The van der Waals surface area contributed by atoms with Crippen molar-refractivity contribution in [1.29, 1.82) is 0 Å². The zero-order valence-corrected chi connectivity index (χ0v) is 35.0. The van der Waals surface area contributed by atoms with Crippen LogP contribution in [0.5, 0.6) is 0 Å². The molecule has 2 heterocycles. The summed E-state index contributed by atoms with van der Waals surface area (Å²) in [6, 6.07) is 72.8. The molecule has 298 valence electrons. The van der Waals surface area contributed by atoms with E-state index >= 15 is 0 Å². The molecule has 0 saturated heterocycles. The first kappa shape index (κ1) is 38.9. The molecular formula is C60H43N3. The zero-order valence-electron chi connectivity index (χ0n) is 35.0. The van der Waals surface area contributed by atoms with Crippen LogP contribution in [0.15, 0.2) is 237 Å². The number of aromatic nitrogens is 3. The first-order chi connectivity index (χ1) is 31.1. The predicted octanol–water partition coefficient (Wildman–Crippen LogP) is 16.0. The summed E-state index contributed by atoms with van der Waals surface area (Å²) in [5, 5.41) is 3.47. The molecule has 0 atom stereocenters. The van der Waals surface area contributed by atoms with Crippen LogP contribution < -0.4 is 0 Å². The number of fused-ring (bicyclic) bond motifs is 3. The molecule has 0 aliphatic carbocycles. The van der Waals surface area contributed by atoms with Crippen LogP contribution in [0.4, 0.5) is 0 Å². The molecule has 3 heteroatoms. The van der Waals surface area contributed by atoms with Gasteiger partial charge in [-0.15, -0.1) is 0 Å². The van der Waals surface area contributed by atoms with Gasteiger partial charge in [0.2, 0.25) is 0 Å². The van der Waals surface area contributed by atoms with Gasteiger partial charge in [0.25, 0.3) is 0 Å². The van der Waals surface area contributed by atoms with E-state index in [0.29, 0.717) is 5.82 Å². The molecule has 0 fully saturated rings. The Balaban J connectivity index is 1.02. The van der Waals surface area contributed by atoms with Crippen molar-refractivity contribution in [2.75, 3.05) is 0 Å². The molecule has 0 spiro atoms. The molecule has 8 aromatic carbocycles. The minimum absolute atomic E-state index is 0.686. The van der Waals surface area contributed by atoms with Crippen molar-refractivity contribution >= 4 is 27.2 Å². The van der Waals surface area contributed by atoms with Crippen LogP contribution in [0.1, 0.15) is 12.6 Å². The minimum Gasteiger partial charge on any atom is -0.247 e. The maximum absolute atomic E-state index is 5.19. The van der Waals surface area contributed by atoms with Crippen molar-refractivity contribution in [3.63, 3.8) is 0 Å². The fourth-order valence-electron chi connectivity index (χ4n) is 8.38. The average Bonchev–Trinajstić information content (AvgIpc) is 3.36. The van der Waals surface area contributed by atoms with Crippen molar-refractivity contribution in [1.82, 2.24) is 15.0 Å². The van der Waals surface area contributed by atoms with Gasteiger partial charge in [0.15, 0.2) is 5.82 Å². The highest BCUT2D eigenvalue weighted by Gasteiger charge is 2.16. The summed E-state index contributed by atoms with van der Waals surface area (Å²) in [4.78, 5) is 15.5. The largest absolute Gasteiger partial charge is 0.247 e. The predicted molar refractivity (Wildman–Crippen MR) is 266 cm³/mol. The van der Waals surface area contributed by atoms with E-state index in [1.165, 1.54) is 27.6 Å². The average molecular weight is 806 g/mol. The van der Waals surface area contributed by atoms with E-state index in [1.54, 1.807) is 6.08 Å². The SMILES string of the molecule is C=C/C=C\C=C(/C)c1nc2ccccc2c2c(-c3cccc(-c4ccc(-c5cc(-c6ccc(-c7ccccc7)cc6)nc(-c6ccc(-c7ccccc7)cc6)n5)cc4)c3)cccc12. The number of benzene rings is 8. The van der Waals surface area contributed by atoms with Gasteiger partial charge < -0.3 is 0 Å². The van der Waals surface area contributed by atoms with E-state index in [9.17, 15) is 0 Å². The molecule has 0 saturated carbocycles. The van der Waals surface area contributed by atoms with Crippen LogP contribution in [0, 0.1) is 0 Å². The summed E-state index contributed by atoms with van der Waals surface area (Å²) in [5.41, 5.74) is 17.1. The minimum atomic E-state index is 0.686. The monoisotopic (exact) mass is 805 g/mol. The molecule has 0 bridgehead atoms. The normalized spacial score (nSPS) is 11.7. The highest BCUT2D eigenvalue weighted by atomic mass is 14.9. The Bertz CT molecular complexity index is 3210. The first-order valence-corrected chi connectivity index (χ1v) is 21.3. The lowest BCUT2D eigenvalue weighted by molar-refractivity contribution is 1.18. The second-order valence-corrected chi connectivity index (χ2v) is 15.7. The summed E-state index contributed by atoms with van der Waals surface area (Å²) in [5.74, 6) is 0.686. The molecule has 0 amide bonds. The maximum atomic E-state index is 5.19. The van der Waals surface area contributed by atoms with Gasteiger partial charge in [-0.1, -0.05) is 219 Å². The fourth-order valence-corrected chi connectivity index (χ4v) is 8.38. The van der Waals surface area contributed by atoms with Gasteiger partial charge in [0.05, 0.1) is 22.6 Å². The van der Waals surface area contributed by atoms with Crippen LogP contribution in [0.3, 0.4) is 0 Å². The molecule has 0 unspecified atom stereocenters. The Morgan fingerprint density at radius 3 is 1.49 bits per heavy atom. The Kier molecular flexibility index (Phi) is 10.7. The van der Waals surface area contributed by atoms with Crippen molar-refractivity contribution in [3.8, 4) is 78.4 Å². The van der Waals surface area contributed by atoms with Crippen LogP contribution in [-0.4, -0.2) is 15.0 Å². The van der Waals surface area contributed by atoms with Crippen LogP contribution in [0.2, 0.25) is 0 Å². The number of allylic oxidation sites excluding steroid dienone is 5. The molecule has 0 N–H and O–H groups in total. The van der Waals surface area contributed by atoms with Gasteiger partial charge in [0.1, 0.15) is 0 Å². The Morgan fingerprint density at radius 1 is 0.397 bits per heavy atom. The number of nitrogens with zero attached hydrogens (tertiary/aromatic N) is 3. The van der Waals surface area contributed by atoms with Crippen LogP contribution >= 0.6 is 0 Å². The highest BCUT2D eigenvalue weighted by Crippen LogP contribution is 2.39. The lowest BCUT2D eigenvalue weighted by Crippen LogP contribution is -1.96. The fraction of sp³-hybridized carbons (Fsp3) is 0.0167. The van der Waals surface area contributed by atoms with Gasteiger partial charge in [-0.2, -0.15) is 0 Å². The van der Waals surface area contributed by atoms with Crippen molar-refractivity contribution < 1.29 is 0 Å². The molecule has 2 aromatic heterocycles. The molecule has 0 radical (unpaired) electrons. The molecule has 63 heavy (non-hydrogen) atoms. The third kappa shape index (κ3) is 8.04. The first-order valence-electron chi connectivity index (χ1n) is 21.3. The highest BCUT2D eigenvalue weighted by molar-refractivity contribution is 6.15. The van der Waals surface area contributed by atoms with E-state index in [2.05, 4.69) is 214 Å². The van der Waals surface area contributed by atoms with E-state index in [4.69, 9.17) is 15.0 Å². The standard InChI is InChI=1S/C60H43N3/c1-3-4-7-16-41(2)59-54-25-15-24-52(58(54)53-23-12-13-26-55(53)61-59)51-22-14-21-50(39-51)46-29-35-48(36-30-46)57-40-56(47-33-27-44(28-34-47)42-17-8-5-9-18-42)62-60(63-57)49-37-31-45(32-38-49)43-19-10-6-11-20-43/h3-40H,1H2,2H3/b7-4-,41-16+. The third-order valence-electron chi connectivity index (χ3n) is 11.6. The zero-order chi connectivity index (χ0) is 42.5. The number of pyridine rings is 1. The topological polar surface area (TPSA) is 38.7 Å². The smallest absolute Gasteiger partial charge is 0.160 e. The van der Waals surface area contributed by atoms with Gasteiger partial charge in [-0.05, 0) is 75.2 Å². The summed E-state index contributed by atoms with van der Waals surface area (Å²) >= 11 is 0. The van der Waals surface area contributed by atoms with Gasteiger partial charge in [0, 0.05) is 32.8 Å². The second-order valence-electron chi connectivity index (χ2n) is 15.7. The van der Waals surface area contributed by atoms with Crippen molar-refractivity contribution in [3.05, 3.63) is 243 Å². The second kappa shape index (κ2) is 17.4.